The maximum atomic E-state index is 13.3. The summed E-state index contributed by atoms with van der Waals surface area (Å²) >= 11 is 0. The number of likely N-dealkylation sites (N-methyl/N-ethyl adjacent to an activating group) is 1. The average Bonchev–Trinajstić information content (AvgIpc) is 3.77. The van der Waals surface area contributed by atoms with Crippen LogP contribution in [0.1, 0.15) is 94.4 Å². The number of cyclic esters (lactones) is 1. The van der Waals surface area contributed by atoms with Gasteiger partial charge in [0, 0.05) is 45.6 Å². The standard InChI is InChI=1S/C38H64N2O6/c1-12-27(3)30(6)35-31(44-35)25-37(7,8)18-13-14-28(4)34-29(5)15-16-32(45-36(42)40-22-20-39(10)21-23-40)38(9,43-11)19-17-26(2)24-33(41)46-34/h13-16,18,26-27,29-32,34-35H,12,17,19-25H2,1-11H3/b16-15+,18-13+,28-14+. The van der Waals surface area contributed by atoms with Crippen molar-refractivity contribution in [3.63, 3.8) is 0 Å². The maximum absolute atomic E-state index is 13.3. The molecule has 9 atom stereocenters. The average molecular weight is 645 g/mol. The zero-order valence-electron chi connectivity index (χ0n) is 30.7. The van der Waals surface area contributed by atoms with Crippen LogP contribution in [0.15, 0.2) is 36.0 Å². The minimum Gasteiger partial charge on any atom is -0.457 e. The lowest BCUT2D eigenvalue weighted by Gasteiger charge is -2.38. The van der Waals surface area contributed by atoms with Gasteiger partial charge in [-0.2, -0.15) is 0 Å². The minimum atomic E-state index is -0.735. The van der Waals surface area contributed by atoms with Crippen molar-refractivity contribution in [2.24, 2.45) is 29.1 Å². The second-order valence-electron chi connectivity index (χ2n) is 15.5. The van der Waals surface area contributed by atoms with E-state index in [-0.39, 0.29) is 29.3 Å². The Morgan fingerprint density at radius 2 is 1.85 bits per heavy atom. The minimum absolute atomic E-state index is 0.0268. The summed E-state index contributed by atoms with van der Waals surface area (Å²) in [5.74, 6) is 0.984. The van der Waals surface area contributed by atoms with Crippen LogP contribution in [0.4, 0.5) is 4.79 Å². The number of amides is 1. The van der Waals surface area contributed by atoms with E-state index in [4.69, 9.17) is 18.9 Å². The Balaban J connectivity index is 1.77. The number of ether oxygens (including phenoxy) is 4. The summed E-state index contributed by atoms with van der Waals surface area (Å²) in [5, 5.41) is 0. The molecule has 8 nitrogen and oxygen atoms in total. The number of hydrogen-bond donors (Lipinski definition) is 0. The first-order valence-electron chi connectivity index (χ1n) is 17.7. The van der Waals surface area contributed by atoms with Crippen LogP contribution in [0.3, 0.4) is 0 Å². The predicted octanol–water partition coefficient (Wildman–Crippen LogP) is 7.44. The molecule has 3 heterocycles. The molecule has 9 unspecified atom stereocenters. The second kappa shape index (κ2) is 16.8. The van der Waals surface area contributed by atoms with Gasteiger partial charge in [-0.15, -0.1) is 0 Å². The second-order valence-corrected chi connectivity index (χ2v) is 15.5. The van der Waals surface area contributed by atoms with Gasteiger partial charge in [0.15, 0.2) is 6.10 Å². The number of rotatable bonds is 10. The molecule has 0 N–H and O–H groups in total. The fourth-order valence-corrected chi connectivity index (χ4v) is 6.62. The summed E-state index contributed by atoms with van der Waals surface area (Å²) < 4.78 is 24.4. The van der Waals surface area contributed by atoms with Gasteiger partial charge in [0.05, 0.1) is 12.2 Å². The fourth-order valence-electron chi connectivity index (χ4n) is 6.62. The van der Waals surface area contributed by atoms with Gasteiger partial charge in [-0.25, -0.2) is 4.79 Å². The Hall–Kier alpha value is -2.16. The molecule has 0 aromatic rings. The molecule has 262 valence electrons. The topological polar surface area (TPSA) is 80.8 Å². The highest BCUT2D eigenvalue weighted by atomic mass is 16.6. The summed E-state index contributed by atoms with van der Waals surface area (Å²) in [5.41, 5.74) is 0.205. The van der Waals surface area contributed by atoms with E-state index in [0.29, 0.717) is 50.0 Å². The lowest BCUT2D eigenvalue weighted by atomic mass is 9.83. The normalized spacial score (nSPS) is 34.3. The molecule has 3 aliphatic heterocycles. The lowest BCUT2D eigenvalue weighted by Crippen LogP contribution is -2.50. The predicted molar refractivity (Wildman–Crippen MR) is 185 cm³/mol. The molecular formula is C38H64N2O6. The molecule has 0 aromatic carbocycles. The highest BCUT2D eigenvalue weighted by Gasteiger charge is 2.46. The molecule has 3 rings (SSSR count). The Bertz CT molecular complexity index is 1090. The Morgan fingerprint density at radius 3 is 2.48 bits per heavy atom. The Morgan fingerprint density at radius 1 is 1.17 bits per heavy atom. The molecule has 0 aromatic heterocycles. The van der Waals surface area contributed by atoms with E-state index in [9.17, 15) is 9.59 Å². The molecular weight excluding hydrogens is 580 g/mol. The van der Waals surface area contributed by atoms with E-state index in [0.717, 1.165) is 31.5 Å². The van der Waals surface area contributed by atoms with E-state index >= 15 is 0 Å². The number of methoxy groups -OCH3 is 1. The van der Waals surface area contributed by atoms with Crippen LogP contribution in [0.25, 0.3) is 0 Å². The summed E-state index contributed by atoms with van der Waals surface area (Å²) in [6.07, 6.45) is 13.5. The quantitative estimate of drug-likeness (QED) is 0.106. The molecule has 3 aliphatic rings. The maximum Gasteiger partial charge on any atom is 0.410 e. The smallest absolute Gasteiger partial charge is 0.410 e. The molecule has 8 heteroatoms. The van der Waals surface area contributed by atoms with Crippen LogP contribution >= 0.6 is 0 Å². The number of esters is 1. The van der Waals surface area contributed by atoms with Crippen molar-refractivity contribution < 1.29 is 28.5 Å². The van der Waals surface area contributed by atoms with Gasteiger partial charge in [-0.3, -0.25) is 4.79 Å². The summed E-state index contributed by atoms with van der Waals surface area (Å²) in [4.78, 5) is 30.4. The molecule has 46 heavy (non-hydrogen) atoms. The third-order valence-electron chi connectivity index (χ3n) is 10.8. The summed E-state index contributed by atoms with van der Waals surface area (Å²) in [6, 6.07) is 0. The van der Waals surface area contributed by atoms with Crippen molar-refractivity contribution in [1.82, 2.24) is 9.80 Å². The van der Waals surface area contributed by atoms with Crippen molar-refractivity contribution in [1.29, 1.82) is 0 Å². The number of carbonyl (C=O) groups excluding carboxylic acids is 2. The van der Waals surface area contributed by atoms with Crippen molar-refractivity contribution in [2.75, 3.05) is 40.3 Å². The fraction of sp³-hybridized carbons (Fsp3) is 0.789. The van der Waals surface area contributed by atoms with E-state index in [1.54, 1.807) is 12.0 Å². The van der Waals surface area contributed by atoms with E-state index in [1.807, 2.05) is 32.9 Å². The van der Waals surface area contributed by atoms with E-state index < -0.39 is 17.8 Å². The van der Waals surface area contributed by atoms with Crippen LogP contribution < -0.4 is 0 Å². The lowest BCUT2D eigenvalue weighted by molar-refractivity contribution is -0.150. The number of nitrogens with zero attached hydrogens (tertiary/aromatic N) is 2. The Labute approximate surface area is 279 Å². The molecule has 2 saturated heterocycles. The summed E-state index contributed by atoms with van der Waals surface area (Å²) in [7, 11) is 3.73. The van der Waals surface area contributed by atoms with Gasteiger partial charge in [0.1, 0.15) is 11.7 Å². The number of epoxide rings is 1. The molecule has 0 spiro atoms. The molecule has 0 aliphatic carbocycles. The highest BCUT2D eigenvalue weighted by Crippen LogP contribution is 2.41. The largest absolute Gasteiger partial charge is 0.457 e. The molecule has 0 saturated carbocycles. The third kappa shape index (κ3) is 10.9. The Kier molecular flexibility index (Phi) is 14.0. The number of hydrogen-bond acceptors (Lipinski definition) is 7. The first-order valence-corrected chi connectivity index (χ1v) is 17.7. The highest BCUT2D eigenvalue weighted by molar-refractivity contribution is 5.70. The first-order chi connectivity index (χ1) is 21.6. The summed E-state index contributed by atoms with van der Waals surface area (Å²) in [6.45, 7) is 22.4. The third-order valence-corrected chi connectivity index (χ3v) is 10.8. The zero-order chi connectivity index (χ0) is 34.2. The van der Waals surface area contributed by atoms with Gasteiger partial charge in [0.2, 0.25) is 0 Å². The van der Waals surface area contributed by atoms with Crippen molar-refractivity contribution >= 4 is 12.1 Å². The molecule has 1 amide bonds. The van der Waals surface area contributed by atoms with Crippen LogP contribution in [-0.4, -0.2) is 92.2 Å². The van der Waals surface area contributed by atoms with Gasteiger partial charge >= 0.3 is 12.1 Å². The number of allylic oxidation sites excluding steroid dienone is 3. The number of carbonyl (C=O) groups is 2. The SMILES string of the molecule is CCC(C)C(C)C1OC1CC(C)(C)/C=C/C=C(\C)C1OC(=O)CC(C)CCC(C)(OC)C(OC(=O)N2CCN(C)CC2)/C=C/C1C. The van der Waals surface area contributed by atoms with Gasteiger partial charge in [0.25, 0.3) is 0 Å². The zero-order valence-corrected chi connectivity index (χ0v) is 30.7. The van der Waals surface area contributed by atoms with Crippen LogP contribution in [0.2, 0.25) is 0 Å². The molecule has 0 bridgehead atoms. The van der Waals surface area contributed by atoms with Crippen LogP contribution in [0, 0.1) is 29.1 Å². The van der Waals surface area contributed by atoms with Crippen LogP contribution in [0.5, 0.6) is 0 Å². The van der Waals surface area contributed by atoms with E-state index in [2.05, 4.69) is 71.7 Å². The monoisotopic (exact) mass is 644 g/mol. The molecule has 2 fully saturated rings. The number of piperazine rings is 1. The molecule has 0 radical (unpaired) electrons. The van der Waals surface area contributed by atoms with Crippen molar-refractivity contribution in [3.05, 3.63) is 36.0 Å². The van der Waals surface area contributed by atoms with Crippen molar-refractivity contribution in [2.45, 2.75) is 124 Å². The van der Waals surface area contributed by atoms with Gasteiger partial charge < -0.3 is 28.7 Å². The van der Waals surface area contributed by atoms with Crippen molar-refractivity contribution in [3.8, 4) is 0 Å². The van der Waals surface area contributed by atoms with E-state index in [1.165, 1.54) is 6.42 Å². The first kappa shape index (κ1) is 38.3. The van der Waals surface area contributed by atoms with Crippen LogP contribution in [-0.2, 0) is 23.7 Å². The van der Waals surface area contributed by atoms with Gasteiger partial charge in [-0.1, -0.05) is 79.2 Å². The van der Waals surface area contributed by atoms with Gasteiger partial charge in [-0.05, 0) is 75.0 Å².